The molecule has 2 amide bonds. The molecule has 3 aromatic rings. The zero-order valence-electron chi connectivity index (χ0n) is 22.4. The van der Waals surface area contributed by atoms with Crippen LogP contribution in [0.5, 0.6) is 5.75 Å². The number of anilines is 1. The molecule has 228 valence electrons. The molecule has 1 unspecified atom stereocenters. The fourth-order valence-electron chi connectivity index (χ4n) is 4.49. The van der Waals surface area contributed by atoms with Crippen LogP contribution in [0.15, 0.2) is 76.3 Å². The number of rotatable bonds is 9. The number of esters is 1. The lowest BCUT2D eigenvalue weighted by Crippen LogP contribution is -2.48. The monoisotopic (exact) mass is 687 g/mol. The molecule has 43 heavy (non-hydrogen) atoms. The molecule has 0 saturated heterocycles. The van der Waals surface area contributed by atoms with Crippen molar-refractivity contribution in [2.75, 3.05) is 25.1 Å². The van der Waals surface area contributed by atoms with Gasteiger partial charge in [-0.15, -0.1) is 0 Å². The summed E-state index contributed by atoms with van der Waals surface area (Å²) in [7, 11) is 0. The van der Waals surface area contributed by atoms with Crippen molar-refractivity contribution in [3.05, 3.63) is 92.9 Å². The maximum atomic E-state index is 13.8. The van der Waals surface area contributed by atoms with Gasteiger partial charge in [0.1, 0.15) is 12.4 Å². The van der Waals surface area contributed by atoms with Crippen LogP contribution in [0.1, 0.15) is 23.6 Å². The first-order chi connectivity index (χ1) is 20.3. The fourth-order valence-corrected chi connectivity index (χ4v) is 5.01. The number of carbonyl (C=O) groups is 2. The molecule has 1 atom stereocenters. The first-order valence-corrected chi connectivity index (χ1v) is 14.0. The molecule has 0 aromatic heterocycles. The highest BCUT2D eigenvalue weighted by atomic mass is 79.9. The lowest BCUT2D eigenvalue weighted by molar-refractivity contribution is -0.147. The van der Waals surface area contributed by atoms with E-state index in [4.69, 9.17) is 21.1 Å². The Balaban J connectivity index is 1.81. The van der Waals surface area contributed by atoms with Crippen molar-refractivity contribution in [1.82, 2.24) is 5.01 Å². The van der Waals surface area contributed by atoms with E-state index in [1.165, 1.54) is 42.5 Å². The van der Waals surface area contributed by atoms with Gasteiger partial charge in [0.15, 0.2) is 5.41 Å². The van der Waals surface area contributed by atoms with E-state index >= 15 is 0 Å². The van der Waals surface area contributed by atoms with Crippen molar-refractivity contribution in [1.29, 1.82) is 0 Å². The average Bonchev–Trinajstić information content (AvgIpc) is 3.36. The minimum absolute atomic E-state index is 0.0152. The number of hydrazone groups is 1. The van der Waals surface area contributed by atoms with E-state index in [-0.39, 0.29) is 46.3 Å². The molecule has 0 bridgehead atoms. The summed E-state index contributed by atoms with van der Waals surface area (Å²) in [4.78, 5) is 27.1. The quantitative estimate of drug-likeness (QED) is 0.186. The number of hydrogen-bond donors (Lipinski definition) is 1. The summed E-state index contributed by atoms with van der Waals surface area (Å²) >= 11 is 9.56. The van der Waals surface area contributed by atoms with Crippen molar-refractivity contribution in [3.63, 3.8) is 0 Å². The number of alkyl halides is 5. The number of amides is 2. The van der Waals surface area contributed by atoms with Crippen molar-refractivity contribution in [3.8, 4) is 5.75 Å². The third kappa shape index (κ3) is 7.63. The molecule has 1 N–H and O–H groups in total. The zero-order chi connectivity index (χ0) is 31.4. The summed E-state index contributed by atoms with van der Waals surface area (Å²) in [5.74, 6) is -0.701. The Morgan fingerprint density at radius 2 is 1.77 bits per heavy atom. The molecule has 4 rings (SSSR count). The average molecular weight is 689 g/mol. The highest BCUT2D eigenvalue weighted by molar-refractivity contribution is 9.10. The largest absolute Gasteiger partial charge is 0.488 e. The van der Waals surface area contributed by atoms with Gasteiger partial charge in [0, 0.05) is 20.7 Å². The third-order valence-corrected chi connectivity index (χ3v) is 7.29. The Morgan fingerprint density at radius 1 is 1.09 bits per heavy atom. The van der Waals surface area contributed by atoms with Crippen molar-refractivity contribution >= 4 is 50.9 Å². The summed E-state index contributed by atoms with van der Waals surface area (Å²) in [6.45, 7) is 0.337. The number of urea groups is 1. The van der Waals surface area contributed by atoms with E-state index in [1.807, 2.05) is 0 Å². The number of carbonyl (C=O) groups excluding carboxylic acids is 2. The van der Waals surface area contributed by atoms with Gasteiger partial charge >= 0.3 is 18.2 Å². The molecular weight excluding hydrogens is 665 g/mol. The van der Waals surface area contributed by atoms with Gasteiger partial charge < -0.3 is 14.8 Å². The molecule has 7 nitrogen and oxygen atoms in total. The molecule has 0 radical (unpaired) electrons. The normalized spacial score (nSPS) is 16.7. The Morgan fingerprint density at radius 3 is 2.35 bits per heavy atom. The second-order valence-corrected chi connectivity index (χ2v) is 10.7. The van der Waals surface area contributed by atoms with E-state index in [2.05, 4.69) is 26.3 Å². The van der Waals surface area contributed by atoms with Crippen LogP contribution < -0.4 is 10.1 Å². The van der Waals surface area contributed by atoms with Crippen LogP contribution in [-0.2, 0) is 21.4 Å². The predicted octanol–water partition coefficient (Wildman–Crippen LogP) is 7.60. The van der Waals surface area contributed by atoms with Crippen LogP contribution in [0.2, 0.25) is 5.02 Å². The molecule has 1 aliphatic heterocycles. The van der Waals surface area contributed by atoms with E-state index in [0.717, 1.165) is 9.48 Å². The van der Waals surface area contributed by atoms with Gasteiger partial charge in [-0.2, -0.15) is 18.3 Å². The van der Waals surface area contributed by atoms with Gasteiger partial charge in [0.2, 0.25) is 0 Å². The standard InChI is InChI=1S/C29H24BrClF5N3O4/c1-2-42-26(40)28(19-5-11-22(12-6-19)43-15-24(32)33)16-39(27(41)37-21-9-7-20(30)8-10-21)38-25(28)17-3-4-18(23(31)13-17)14-29(34,35)36/h3-13,24H,2,14-16H2,1H3,(H,37,41). The predicted molar refractivity (Wildman–Crippen MR) is 154 cm³/mol. The van der Waals surface area contributed by atoms with Crippen molar-refractivity contribution < 1.29 is 41.0 Å². The van der Waals surface area contributed by atoms with Crippen LogP contribution in [0, 0.1) is 0 Å². The minimum Gasteiger partial charge on any atom is -0.488 e. The third-order valence-electron chi connectivity index (χ3n) is 6.41. The maximum absolute atomic E-state index is 13.8. The molecule has 0 spiro atoms. The topological polar surface area (TPSA) is 80.2 Å². The summed E-state index contributed by atoms with van der Waals surface area (Å²) in [6.07, 6.45) is -8.49. The van der Waals surface area contributed by atoms with Gasteiger partial charge in [0.05, 0.1) is 25.3 Å². The Hall–Kier alpha value is -3.71. The first-order valence-electron chi connectivity index (χ1n) is 12.8. The van der Waals surface area contributed by atoms with Gasteiger partial charge in [-0.05, 0) is 60.5 Å². The first kappa shape index (κ1) is 32.2. The molecule has 1 heterocycles. The number of hydrogen-bond acceptors (Lipinski definition) is 5. The van der Waals surface area contributed by atoms with E-state index in [0.29, 0.717) is 5.69 Å². The van der Waals surface area contributed by atoms with E-state index < -0.39 is 43.0 Å². The Kier molecular flexibility index (Phi) is 9.96. The molecule has 0 aliphatic carbocycles. The van der Waals surface area contributed by atoms with Crippen LogP contribution in [0.4, 0.5) is 32.4 Å². The summed E-state index contributed by atoms with van der Waals surface area (Å²) in [5.41, 5.74) is -1.12. The highest BCUT2D eigenvalue weighted by Gasteiger charge is 2.54. The van der Waals surface area contributed by atoms with Crippen LogP contribution in [0.3, 0.4) is 0 Å². The van der Waals surface area contributed by atoms with Crippen molar-refractivity contribution in [2.45, 2.75) is 31.4 Å². The highest BCUT2D eigenvalue weighted by Crippen LogP contribution is 2.39. The SMILES string of the molecule is CCOC(=O)C1(c2ccc(OCC(F)F)cc2)CN(C(=O)Nc2ccc(Br)cc2)N=C1c1ccc(CC(F)(F)F)c(Cl)c1. The van der Waals surface area contributed by atoms with Crippen LogP contribution in [0.25, 0.3) is 0 Å². The lowest BCUT2D eigenvalue weighted by atomic mass is 9.74. The molecule has 3 aromatic carbocycles. The Bertz CT molecular complexity index is 1500. The summed E-state index contributed by atoms with van der Waals surface area (Å²) in [6, 6.07) is 15.4. The second-order valence-electron chi connectivity index (χ2n) is 9.39. The number of benzene rings is 3. The number of halogens is 7. The van der Waals surface area contributed by atoms with Crippen LogP contribution >= 0.6 is 27.5 Å². The zero-order valence-corrected chi connectivity index (χ0v) is 24.8. The number of ether oxygens (including phenoxy) is 2. The lowest BCUT2D eigenvalue weighted by Gasteiger charge is -2.29. The summed E-state index contributed by atoms with van der Waals surface area (Å²) < 4.78 is 75.8. The molecule has 14 heteroatoms. The second kappa shape index (κ2) is 13.3. The van der Waals surface area contributed by atoms with E-state index in [1.54, 1.807) is 31.2 Å². The van der Waals surface area contributed by atoms with Crippen LogP contribution in [-0.4, -0.2) is 55.1 Å². The molecule has 1 aliphatic rings. The van der Waals surface area contributed by atoms with Gasteiger partial charge in [-0.25, -0.2) is 18.6 Å². The molecule has 0 fully saturated rings. The number of nitrogens with zero attached hydrogens (tertiary/aromatic N) is 2. The smallest absolute Gasteiger partial charge is 0.393 e. The fraction of sp³-hybridized carbons (Fsp3) is 0.276. The van der Waals surface area contributed by atoms with Gasteiger partial charge in [-0.3, -0.25) is 4.79 Å². The molecular formula is C29H24BrClF5N3O4. The van der Waals surface area contributed by atoms with Gasteiger partial charge in [0.25, 0.3) is 6.43 Å². The van der Waals surface area contributed by atoms with Gasteiger partial charge in [-0.1, -0.05) is 51.8 Å². The van der Waals surface area contributed by atoms with E-state index in [9.17, 15) is 31.5 Å². The summed E-state index contributed by atoms with van der Waals surface area (Å²) in [5, 5.41) is 7.93. The number of nitrogens with one attached hydrogen (secondary N) is 1. The van der Waals surface area contributed by atoms with Crippen molar-refractivity contribution in [2.24, 2.45) is 5.10 Å². The minimum atomic E-state index is -4.51. The maximum Gasteiger partial charge on any atom is 0.393 e. The molecule has 0 saturated carbocycles. The Labute approximate surface area is 256 Å².